The van der Waals surface area contributed by atoms with Crippen LogP contribution in [-0.4, -0.2) is 24.1 Å². The summed E-state index contributed by atoms with van der Waals surface area (Å²) in [7, 11) is 2.09. The number of hydrogen-bond donors (Lipinski definition) is 1. The van der Waals surface area contributed by atoms with Gasteiger partial charge in [-0.25, -0.2) is 4.98 Å². The maximum atomic E-state index is 4.66. The number of pyridine rings is 1. The van der Waals surface area contributed by atoms with Crippen molar-refractivity contribution in [2.75, 3.05) is 18.5 Å². The highest BCUT2D eigenvalue weighted by atomic mass is 15.2. The van der Waals surface area contributed by atoms with Crippen molar-refractivity contribution in [3.63, 3.8) is 0 Å². The fourth-order valence-electron chi connectivity index (χ4n) is 2.19. The summed E-state index contributed by atoms with van der Waals surface area (Å²) in [4.78, 5) is 6.85. The van der Waals surface area contributed by atoms with Gasteiger partial charge in [-0.15, -0.1) is 0 Å². The van der Waals surface area contributed by atoms with Crippen molar-refractivity contribution in [1.82, 2.24) is 10.3 Å². The minimum atomic E-state index is 0.111. The van der Waals surface area contributed by atoms with Crippen LogP contribution in [-0.2, 0) is 6.54 Å². The highest BCUT2D eigenvalue weighted by Crippen LogP contribution is 2.26. The van der Waals surface area contributed by atoms with E-state index in [0.29, 0.717) is 0 Å². The molecule has 0 fully saturated rings. The molecule has 3 heteroatoms. The molecule has 2 rings (SSSR count). The topological polar surface area (TPSA) is 28.2 Å². The van der Waals surface area contributed by atoms with Gasteiger partial charge in [-0.05, 0) is 38.6 Å². The Kier molecular flexibility index (Phi) is 4.29. The number of fused-ring (bicyclic) bond motifs is 1. The highest BCUT2D eigenvalue weighted by Gasteiger charge is 2.12. The maximum Gasteiger partial charge on any atom is 0.136 e. The van der Waals surface area contributed by atoms with Crippen LogP contribution in [0.2, 0.25) is 0 Å². The lowest BCUT2D eigenvalue weighted by molar-refractivity contribution is 0.425. The summed E-state index contributed by atoms with van der Waals surface area (Å²) < 4.78 is 0. The van der Waals surface area contributed by atoms with Gasteiger partial charge in [0.1, 0.15) is 5.82 Å². The molecule has 0 bridgehead atoms. The second-order valence-electron chi connectivity index (χ2n) is 6.27. The van der Waals surface area contributed by atoms with E-state index in [0.717, 1.165) is 18.9 Å². The van der Waals surface area contributed by atoms with E-state index in [1.807, 2.05) is 6.20 Å². The van der Waals surface area contributed by atoms with Gasteiger partial charge in [0, 0.05) is 37.3 Å². The van der Waals surface area contributed by atoms with Crippen molar-refractivity contribution in [2.24, 2.45) is 0 Å². The second kappa shape index (κ2) is 5.80. The molecule has 0 spiro atoms. The van der Waals surface area contributed by atoms with Gasteiger partial charge < -0.3 is 10.2 Å². The summed E-state index contributed by atoms with van der Waals surface area (Å²) in [5.41, 5.74) is 1.36. The van der Waals surface area contributed by atoms with Gasteiger partial charge in [0.15, 0.2) is 0 Å². The molecule has 2 aromatic rings. The van der Waals surface area contributed by atoms with Gasteiger partial charge in [-0.3, -0.25) is 0 Å². The Morgan fingerprint density at radius 3 is 2.40 bits per heavy atom. The second-order valence-corrected chi connectivity index (χ2v) is 6.27. The molecular weight excluding hydrogens is 246 g/mol. The molecule has 0 radical (unpaired) electrons. The van der Waals surface area contributed by atoms with Crippen LogP contribution in [0.4, 0.5) is 5.82 Å². The van der Waals surface area contributed by atoms with Crippen molar-refractivity contribution in [3.05, 3.63) is 36.0 Å². The average Bonchev–Trinajstić information content (AvgIpc) is 2.43. The molecule has 1 N–H and O–H groups in total. The van der Waals surface area contributed by atoms with Crippen LogP contribution >= 0.6 is 0 Å². The van der Waals surface area contributed by atoms with Crippen molar-refractivity contribution in [3.8, 4) is 0 Å². The third-order valence-electron chi connectivity index (χ3n) is 3.50. The standard InChI is InChI=1S/C17H25N3/c1-6-20(5)16-15-10-8-7-9-14(15)13(11-18-16)12-19-17(2,3)4/h7-11,19H,6,12H2,1-5H3. The fourth-order valence-corrected chi connectivity index (χ4v) is 2.19. The quantitative estimate of drug-likeness (QED) is 0.921. The van der Waals surface area contributed by atoms with Crippen molar-refractivity contribution in [2.45, 2.75) is 39.8 Å². The fraction of sp³-hybridized carbons (Fsp3) is 0.471. The van der Waals surface area contributed by atoms with E-state index in [1.54, 1.807) is 0 Å². The molecule has 0 unspecified atom stereocenters. The largest absolute Gasteiger partial charge is 0.359 e. The number of benzene rings is 1. The molecule has 20 heavy (non-hydrogen) atoms. The first-order valence-electron chi connectivity index (χ1n) is 7.25. The van der Waals surface area contributed by atoms with E-state index in [9.17, 15) is 0 Å². The van der Waals surface area contributed by atoms with Gasteiger partial charge >= 0.3 is 0 Å². The van der Waals surface area contributed by atoms with Crippen LogP contribution < -0.4 is 10.2 Å². The maximum absolute atomic E-state index is 4.66. The Morgan fingerprint density at radius 1 is 1.15 bits per heavy atom. The Balaban J connectivity index is 2.43. The number of rotatable bonds is 4. The van der Waals surface area contributed by atoms with Crippen molar-refractivity contribution in [1.29, 1.82) is 0 Å². The monoisotopic (exact) mass is 271 g/mol. The Labute approximate surface area is 122 Å². The molecule has 0 aliphatic carbocycles. The van der Waals surface area contributed by atoms with Gasteiger partial charge in [-0.2, -0.15) is 0 Å². The molecule has 3 nitrogen and oxygen atoms in total. The van der Waals surface area contributed by atoms with E-state index in [4.69, 9.17) is 0 Å². The Hall–Kier alpha value is -1.61. The third-order valence-corrected chi connectivity index (χ3v) is 3.50. The Morgan fingerprint density at radius 2 is 1.80 bits per heavy atom. The molecule has 0 saturated heterocycles. The molecule has 108 valence electrons. The summed E-state index contributed by atoms with van der Waals surface area (Å²) in [6.07, 6.45) is 2.00. The molecular formula is C17H25N3. The summed E-state index contributed by atoms with van der Waals surface area (Å²) in [5.74, 6) is 1.06. The zero-order chi connectivity index (χ0) is 14.8. The van der Waals surface area contributed by atoms with Gasteiger partial charge in [0.05, 0.1) is 0 Å². The molecule has 0 atom stereocenters. The average molecular weight is 271 g/mol. The molecule has 1 aromatic heterocycles. The normalized spacial score (nSPS) is 11.8. The van der Waals surface area contributed by atoms with E-state index >= 15 is 0 Å². The number of aromatic nitrogens is 1. The first-order valence-corrected chi connectivity index (χ1v) is 7.25. The zero-order valence-corrected chi connectivity index (χ0v) is 13.2. The number of nitrogens with zero attached hydrogens (tertiary/aromatic N) is 2. The van der Waals surface area contributed by atoms with E-state index < -0.39 is 0 Å². The van der Waals surface area contributed by atoms with Gasteiger partial charge in [-0.1, -0.05) is 24.3 Å². The van der Waals surface area contributed by atoms with Crippen LogP contribution in [0.3, 0.4) is 0 Å². The minimum absolute atomic E-state index is 0.111. The molecule has 0 saturated carbocycles. The summed E-state index contributed by atoms with van der Waals surface area (Å²) >= 11 is 0. The lowest BCUT2D eigenvalue weighted by Crippen LogP contribution is -2.35. The van der Waals surface area contributed by atoms with E-state index in [-0.39, 0.29) is 5.54 Å². The molecule has 1 heterocycles. The lowest BCUT2D eigenvalue weighted by Gasteiger charge is -2.22. The molecule has 1 aromatic carbocycles. The van der Waals surface area contributed by atoms with E-state index in [1.165, 1.54) is 16.3 Å². The Bertz CT molecular complexity index is 584. The molecule has 0 aliphatic rings. The number of hydrogen-bond acceptors (Lipinski definition) is 3. The first kappa shape index (κ1) is 14.8. The predicted molar refractivity (Wildman–Crippen MR) is 87.3 cm³/mol. The highest BCUT2D eigenvalue weighted by molar-refractivity contribution is 5.94. The van der Waals surface area contributed by atoms with Gasteiger partial charge in [0.2, 0.25) is 0 Å². The summed E-state index contributed by atoms with van der Waals surface area (Å²) in [6, 6.07) is 8.52. The van der Waals surface area contributed by atoms with Crippen LogP contribution in [0.1, 0.15) is 33.3 Å². The van der Waals surface area contributed by atoms with Crippen LogP contribution in [0.5, 0.6) is 0 Å². The molecule has 0 amide bonds. The SMILES string of the molecule is CCN(C)c1ncc(CNC(C)(C)C)c2ccccc12. The van der Waals surface area contributed by atoms with Crippen LogP contribution in [0.15, 0.2) is 30.5 Å². The minimum Gasteiger partial charge on any atom is -0.359 e. The first-order chi connectivity index (χ1) is 9.42. The van der Waals surface area contributed by atoms with Crippen molar-refractivity contribution >= 4 is 16.6 Å². The van der Waals surface area contributed by atoms with Crippen LogP contribution in [0.25, 0.3) is 10.8 Å². The summed E-state index contributed by atoms with van der Waals surface area (Å²) in [6.45, 7) is 10.5. The summed E-state index contributed by atoms with van der Waals surface area (Å²) in [5, 5.41) is 6.05. The third kappa shape index (κ3) is 3.28. The number of anilines is 1. The number of nitrogens with one attached hydrogen (secondary N) is 1. The van der Waals surface area contributed by atoms with Gasteiger partial charge in [0.25, 0.3) is 0 Å². The molecule has 0 aliphatic heterocycles. The van der Waals surface area contributed by atoms with Crippen molar-refractivity contribution < 1.29 is 0 Å². The van der Waals surface area contributed by atoms with Crippen LogP contribution in [0, 0.1) is 0 Å². The smallest absolute Gasteiger partial charge is 0.136 e. The predicted octanol–water partition coefficient (Wildman–Crippen LogP) is 3.58. The lowest BCUT2D eigenvalue weighted by atomic mass is 10.0. The zero-order valence-electron chi connectivity index (χ0n) is 13.2. The van der Waals surface area contributed by atoms with E-state index in [2.05, 4.69) is 74.2 Å².